The Bertz CT molecular complexity index is 1420. The molecule has 0 spiro atoms. The van der Waals surface area contributed by atoms with E-state index in [9.17, 15) is 19.0 Å². The number of unbranched alkanes of at least 4 members (excludes halogenated alkanes) is 26. The zero-order valence-electron chi connectivity index (χ0n) is 45.0. The van der Waals surface area contributed by atoms with Crippen molar-refractivity contribution >= 4 is 19.8 Å². The standard InChI is InChI=1S/C60H106NO8P/c1-3-5-7-9-11-13-15-17-18-19-20-21-22-23-24-25-26-27-28-29-30-31-32-33-34-35-36-37-38-39-40-41-43-45-47-49-51-53-60(63)69-58(57-68-70(64,65)67-55-54-61)56-66-59(62)52-50-48-46-44-42-16-14-12-10-8-6-4-2/h5,7,11,13,17-18,20-21,23-24,26-27,29-30,58H,3-4,6,8-10,12,14-16,19,22,25,28,31-57,61H2,1-2H3,(H,64,65)/b7-5-,13-11-,18-17-,21-20-,24-23-,27-26-,30-29-. The number of nitrogens with two attached hydrogens (primary N) is 1. The molecule has 0 aliphatic heterocycles. The number of phosphoric acid groups is 1. The van der Waals surface area contributed by atoms with Crippen LogP contribution < -0.4 is 5.73 Å². The molecular weight excluding hydrogens is 894 g/mol. The average molecular weight is 1000 g/mol. The smallest absolute Gasteiger partial charge is 0.462 e. The summed E-state index contributed by atoms with van der Waals surface area (Å²) in [6.45, 7) is 3.63. The third-order valence-corrected chi connectivity index (χ3v) is 13.0. The first kappa shape index (κ1) is 67.2. The first-order chi connectivity index (χ1) is 34.3. The van der Waals surface area contributed by atoms with Crippen LogP contribution in [0.1, 0.15) is 251 Å². The highest BCUT2D eigenvalue weighted by atomic mass is 31.2. The molecular formula is C60H106NO8P. The van der Waals surface area contributed by atoms with Gasteiger partial charge in [0.25, 0.3) is 0 Å². The van der Waals surface area contributed by atoms with Crippen LogP contribution in [0.3, 0.4) is 0 Å². The quantitative estimate of drug-likeness (QED) is 0.0264. The fraction of sp³-hybridized carbons (Fsp3) is 0.733. The van der Waals surface area contributed by atoms with Crippen molar-refractivity contribution in [3.8, 4) is 0 Å². The van der Waals surface area contributed by atoms with Crippen LogP contribution in [0.15, 0.2) is 85.1 Å². The molecule has 0 amide bonds. The second-order valence-corrected chi connectivity index (χ2v) is 20.2. The maximum absolute atomic E-state index is 12.7. The topological polar surface area (TPSA) is 134 Å². The molecule has 0 aliphatic rings. The van der Waals surface area contributed by atoms with E-state index in [1.807, 2.05) is 0 Å². The molecule has 3 N–H and O–H groups in total. The first-order valence-electron chi connectivity index (χ1n) is 28.6. The molecule has 70 heavy (non-hydrogen) atoms. The van der Waals surface area contributed by atoms with E-state index in [0.29, 0.717) is 6.42 Å². The van der Waals surface area contributed by atoms with Gasteiger partial charge < -0.3 is 20.1 Å². The minimum absolute atomic E-state index is 0.0527. The maximum atomic E-state index is 12.7. The molecule has 0 bridgehead atoms. The van der Waals surface area contributed by atoms with E-state index < -0.39 is 26.5 Å². The molecule has 0 radical (unpaired) electrons. The normalized spacial score (nSPS) is 13.7. The zero-order chi connectivity index (χ0) is 51.0. The molecule has 0 fully saturated rings. The Hall–Kier alpha value is -2.81. The number of hydrogen-bond acceptors (Lipinski definition) is 8. The zero-order valence-corrected chi connectivity index (χ0v) is 45.9. The van der Waals surface area contributed by atoms with Crippen molar-refractivity contribution < 1.29 is 37.6 Å². The number of rotatable bonds is 53. The van der Waals surface area contributed by atoms with Crippen molar-refractivity contribution in [3.05, 3.63) is 85.1 Å². The molecule has 2 atom stereocenters. The Morgan fingerprint density at radius 2 is 0.786 bits per heavy atom. The number of carbonyl (C=O) groups is 2. The van der Waals surface area contributed by atoms with Crippen molar-refractivity contribution in [2.75, 3.05) is 26.4 Å². The van der Waals surface area contributed by atoms with E-state index in [-0.39, 0.29) is 38.6 Å². The first-order valence-corrected chi connectivity index (χ1v) is 30.1. The van der Waals surface area contributed by atoms with Crippen LogP contribution in [0.5, 0.6) is 0 Å². The van der Waals surface area contributed by atoms with Crippen LogP contribution in [0.2, 0.25) is 0 Å². The largest absolute Gasteiger partial charge is 0.472 e. The molecule has 404 valence electrons. The maximum Gasteiger partial charge on any atom is 0.472 e. The predicted molar refractivity (Wildman–Crippen MR) is 298 cm³/mol. The van der Waals surface area contributed by atoms with E-state index >= 15 is 0 Å². The second-order valence-electron chi connectivity index (χ2n) is 18.8. The number of allylic oxidation sites excluding steroid dienone is 14. The van der Waals surface area contributed by atoms with Gasteiger partial charge in [0.2, 0.25) is 0 Å². The van der Waals surface area contributed by atoms with Crippen LogP contribution in [0, 0.1) is 0 Å². The van der Waals surface area contributed by atoms with Gasteiger partial charge in [0.15, 0.2) is 6.10 Å². The number of carbonyl (C=O) groups excluding carboxylic acids is 2. The summed E-state index contributed by atoms with van der Waals surface area (Å²) in [6, 6.07) is 0. The van der Waals surface area contributed by atoms with Crippen LogP contribution in [0.25, 0.3) is 0 Å². The van der Waals surface area contributed by atoms with Crippen molar-refractivity contribution in [1.29, 1.82) is 0 Å². The Kier molecular flexibility index (Phi) is 53.3. The summed E-state index contributed by atoms with van der Waals surface area (Å²) in [5.74, 6) is -0.823. The summed E-state index contributed by atoms with van der Waals surface area (Å²) in [5, 5.41) is 0. The summed E-state index contributed by atoms with van der Waals surface area (Å²) in [7, 11) is -4.38. The fourth-order valence-corrected chi connectivity index (χ4v) is 8.62. The van der Waals surface area contributed by atoms with Crippen molar-refractivity contribution in [3.63, 3.8) is 0 Å². The van der Waals surface area contributed by atoms with Crippen molar-refractivity contribution in [2.24, 2.45) is 5.73 Å². The van der Waals surface area contributed by atoms with E-state index in [1.54, 1.807) is 0 Å². The lowest BCUT2D eigenvalue weighted by molar-refractivity contribution is -0.161. The lowest BCUT2D eigenvalue weighted by Gasteiger charge is -2.19. The molecule has 0 aliphatic carbocycles. The van der Waals surface area contributed by atoms with Gasteiger partial charge in [-0.05, 0) is 70.6 Å². The van der Waals surface area contributed by atoms with E-state index in [0.717, 1.165) is 83.5 Å². The third-order valence-electron chi connectivity index (χ3n) is 12.0. The van der Waals surface area contributed by atoms with Gasteiger partial charge in [0.1, 0.15) is 6.61 Å². The predicted octanol–water partition coefficient (Wildman–Crippen LogP) is 17.9. The third kappa shape index (κ3) is 54.5. The van der Waals surface area contributed by atoms with Gasteiger partial charge in [-0.1, -0.05) is 253 Å². The van der Waals surface area contributed by atoms with Gasteiger partial charge in [0.05, 0.1) is 13.2 Å². The number of phosphoric ester groups is 1. The summed E-state index contributed by atoms with van der Waals surface area (Å²) < 4.78 is 32.9. The second kappa shape index (κ2) is 55.5. The van der Waals surface area contributed by atoms with Gasteiger partial charge in [-0.15, -0.1) is 0 Å². The van der Waals surface area contributed by atoms with Crippen molar-refractivity contribution in [1.82, 2.24) is 0 Å². The fourth-order valence-electron chi connectivity index (χ4n) is 7.85. The van der Waals surface area contributed by atoms with Crippen LogP contribution in [0.4, 0.5) is 0 Å². The van der Waals surface area contributed by atoms with Crippen LogP contribution >= 0.6 is 7.82 Å². The molecule has 0 heterocycles. The number of hydrogen-bond donors (Lipinski definition) is 2. The lowest BCUT2D eigenvalue weighted by Crippen LogP contribution is -2.29. The van der Waals surface area contributed by atoms with Gasteiger partial charge in [0, 0.05) is 19.4 Å². The van der Waals surface area contributed by atoms with E-state index in [4.69, 9.17) is 24.3 Å². The highest BCUT2D eigenvalue weighted by Crippen LogP contribution is 2.43. The Balaban J connectivity index is 3.87. The average Bonchev–Trinajstić information content (AvgIpc) is 3.35. The van der Waals surface area contributed by atoms with E-state index in [2.05, 4.69) is 98.9 Å². The molecule has 0 aromatic heterocycles. The van der Waals surface area contributed by atoms with Crippen LogP contribution in [-0.2, 0) is 32.7 Å². The summed E-state index contributed by atoms with van der Waals surface area (Å²) >= 11 is 0. The summed E-state index contributed by atoms with van der Waals surface area (Å²) in [6.07, 6.45) is 72.2. The molecule has 10 heteroatoms. The summed E-state index contributed by atoms with van der Waals surface area (Å²) in [4.78, 5) is 35.0. The SMILES string of the molecule is CC/C=C\C/C=C\C/C=C\C/C=C\C/C=C\C/C=C\C/C=C\CCCCCCCCCCCCCCCCCC(=O)OC(COC(=O)CCCCCCCCCCCCCC)COP(=O)(O)OCCN. The van der Waals surface area contributed by atoms with Gasteiger partial charge in [-0.3, -0.25) is 18.6 Å². The molecule has 9 nitrogen and oxygen atoms in total. The Morgan fingerprint density at radius 1 is 0.443 bits per heavy atom. The van der Waals surface area contributed by atoms with Gasteiger partial charge in [-0.25, -0.2) is 4.57 Å². The number of esters is 2. The molecule has 0 aromatic carbocycles. The minimum atomic E-state index is -4.38. The van der Waals surface area contributed by atoms with Gasteiger partial charge in [-0.2, -0.15) is 0 Å². The van der Waals surface area contributed by atoms with Crippen LogP contribution in [-0.4, -0.2) is 49.3 Å². The molecule has 2 unspecified atom stereocenters. The Labute approximate surface area is 430 Å². The summed E-state index contributed by atoms with van der Waals surface area (Å²) in [5.41, 5.74) is 5.37. The molecule has 0 rings (SSSR count). The monoisotopic (exact) mass is 1000 g/mol. The molecule has 0 saturated heterocycles. The molecule has 0 saturated carbocycles. The minimum Gasteiger partial charge on any atom is -0.462 e. The molecule has 0 aromatic rings. The van der Waals surface area contributed by atoms with Crippen molar-refractivity contribution in [2.45, 2.75) is 258 Å². The van der Waals surface area contributed by atoms with Gasteiger partial charge >= 0.3 is 19.8 Å². The lowest BCUT2D eigenvalue weighted by atomic mass is 10.0. The highest BCUT2D eigenvalue weighted by molar-refractivity contribution is 7.47. The highest BCUT2D eigenvalue weighted by Gasteiger charge is 2.26. The Morgan fingerprint density at radius 3 is 1.17 bits per heavy atom. The number of ether oxygens (including phenoxy) is 2. The van der Waals surface area contributed by atoms with E-state index in [1.165, 1.54) is 135 Å².